The maximum Gasteiger partial charge on any atom is 0.334 e. The van der Waals surface area contributed by atoms with Gasteiger partial charge in [0.1, 0.15) is 5.41 Å². The number of esters is 2. The van der Waals surface area contributed by atoms with Crippen molar-refractivity contribution in [2.45, 2.75) is 32.1 Å². The highest BCUT2D eigenvalue weighted by Gasteiger charge is 2.70. The normalized spacial score (nSPS) is 39.5. The Kier molecular flexibility index (Phi) is 2.91. The first-order valence-electron chi connectivity index (χ1n) is 7.04. The van der Waals surface area contributed by atoms with Gasteiger partial charge in [-0.3, -0.25) is 4.79 Å². The Balaban J connectivity index is 2.00. The van der Waals surface area contributed by atoms with Crippen LogP contribution in [0.4, 0.5) is 0 Å². The molecule has 4 heteroatoms. The number of ether oxygens (including phenoxy) is 2. The van der Waals surface area contributed by atoms with Crippen molar-refractivity contribution >= 4 is 11.9 Å². The molecule has 3 rings (SSSR count). The zero-order chi connectivity index (χ0) is 13.6. The molecule has 0 saturated heterocycles. The van der Waals surface area contributed by atoms with Gasteiger partial charge in [0.05, 0.1) is 19.8 Å². The van der Waals surface area contributed by atoms with E-state index in [0.717, 1.165) is 12.8 Å². The molecule has 2 fully saturated rings. The molecule has 0 spiro atoms. The SMILES string of the molecule is COC(=O)C1=CC2CCCCC2C2CC12C(=O)OC. The molecule has 0 N–H and O–H groups in total. The molecule has 19 heavy (non-hydrogen) atoms. The number of hydrogen-bond donors (Lipinski definition) is 0. The molecule has 0 bridgehead atoms. The van der Waals surface area contributed by atoms with Gasteiger partial charge in [-0.1, -0.05) is 18.9 Å². The molecule has 0 radical (unpaired) electrons. The summed E-state index contributed by atoms with van der Waals surface area (Å²) in [5.41, 5.74) is -0.143. The van der Waals surface area contributed by atoms with Gasteiger partial charge < -0.3 is 9.47 Å². The van der Waals surface area contributed by atoms with E-state index >= 15 is 0 Å². The monoisotopic (exact) mass is 264 g/mol. The number of methoxy groups -OCH3 is 2. The van der Waals surface area contributed by atoms with Crippen molar-refractivity contribution in [3.8, 4) is 0 Å². The maximum absolute atomic E-state index is 12.2. The zero-order valence-electron chi connectivity index (χ0n) is 11.5. The quantitative estimate of drug-likeness (QED) is 0.717. The number of hydrogen-bond acceptors (Lipinski definition) is 4. The highest BCUT2D eigenvalue weighted by Crippen LogP contribution is 2.68. The van der Waals surface area contributed by atoms with Gasteiger partial charge in [-0.15, -0.1) is 0 Å². The summed E-state index contributed by atoms with van der Waals surface area (Å²) < 4.78 is 9.82. The highest BCUT2D eigenvalue weighted by molar-refractivity contribution is 6.01. The lowest BCUT2D eigenvalue weighted by molar-refractivity contribution is -0.150. The van der Waals surface area contributed by atoms with Crippen LogP contribution in [0.1, 0.15) is 32.1 Å². The number of allylic oxidation sites excluding steroid dienone is 1. The predicted octanol–water partition coefficient (Wildman–Crippen LogP) is 2.09. The minimum absolute atomic E-state index is 0.266. The van der Waals surface area contributed by atoms with Gasteiger partial charge in [-0.05, 0) is 37.0 Å². The minimum Gasteiger partial charge on any atom is -0.468 e. The Morgan fingerprint density at radius 2 is 1.95 bits per heavy atom. The number of fused-ring (bicyclic) bond motifs is 3. The van der Waals surface area contributed by atoms with Crippen molar-refractivity contribution in [2.24, 2.45) is 23.2 Å². The topological polar surface area (TPSA) is 52.6 Å². The summed E-state index contributed by atoms with van der Waals surface area (Å²) in [4.78, 5) is 24.2. The van der Waals surface area contributed by atoms with Crippen molar-refractivity contribution in [1.29, 1.82) is 0 Å². The number of carbonyl (C=O) groups excluding carboxylic acids is 2. The molecule has 3 aliphatic carbocycles. The second-order valence-electron chi connectivity index (χ2n) is 5.96. The number of rotatable bonds is 2. The third-order valence-electron chi connectivity index (χ3n) is 5.22. The summed E-state index contributed by atoms with van der Waals surface area (Å²) in [6.45, 7) is 0. The molecular weight excluding hydrogens is 244 g/mol. The van der Waals surface area contributed by atoms with E-state index in [1.165, 1.54) is 33.5 Å². The molecule has 4 atom stereocenters. The molecule has 0 aromatic rings. The Morgan fingerprint density at radius 1 is 1.21 bits per heavy atom. The Labute approximate surface area is 113 Å². The fourth-order valence-electron chi connectivity index (χ4n) is 4.26. The maximum atomic E-state index is 12.2. The van der Waals surface area contributed by atoms with Crippen LogP contribution in [-0.2, 0) is 19.1 Å². The summed E-state index contributed by atoms with van der Waals surface area (Å²) in [5.74, 6) is 0.633. The van der Waals surface area contributed by atoms with Gasteiger partial charge in [-0.2, -0.15) is 0 Å². The summed E-state index contributed by atoms with van der Waals surface area (Å²) in [6, 6.07) is 0. The van der Waals surface area contributed by atoms with Crippen molar-refractivity contribution in [3.63, 3.8) is 0 Å². The summed E-state index contributed by atoms with van der Waals surface area (Å²) in [6.07, 6.45) is 7.50. The van der Waals surface area contributed by atoms with Crippen LogP contribution in [0.3, 0.4) is 0 Å². The Bertz CT molecular complexity index is 453. The molecule has 2 saturated carbocycles. The van der Waals surface area contributed by atoms with Gasteiger partial charge in [0.15, 0.2) is 0 Å². The first-order chi connectivity index (χ1) is 9.15. The van der Waals surface area contributed by atoms with Gasteiger partial charge in [0.25, 0.3) is 0 Å². The molecule has 4 nitrogen and oxygen atoms in total. The highest BCUT2D eigenvalue weighted by atomic mass is 16.5. The average molecular weight is 264 g/mol. The van der Waals surface area contributed by atoms with Gasteiger partial charge in [-0.25, -0.2) is 4.79 Å². The van der Waals surface area contributed by atoms with E-state index in [9.17, 15) is 9.59 Å². The molecule has 3 aliphatic rings. The summed E-state index contributed by atoms with van der Waals surface area (Å²) in [5, 5.41) is 0. The second kappa shape index (κ2) is 4.36. The third-order valence-corrected chi connectivity index (χ3v) is 5.22. The first kappa shape index (κ1) is 12.7. The summed E-state index contributed by atoms with van der Waals surface area (Å²) >= 11 is 0. The van der Waals surface area contributed by atoms with Crippen LogP contribution in [-0.4, -0.2) is 26.2 Å². The first-order valence-corrected chi connectivity index (χ1v) is 7.04. The lowest BCUT2D eigenvalue weighted by Crippen LogP contribution is -2.36. The van der Waals surface area contributed by atoms with E-state index < -0.39 is 5.41 Å². The standard InChI is InChI=1S/C15H20O4/c1-18-13(16)11-7-9-5-3-4-6-10(9)12-8-15(11,12)14(17)19-2/h7,9-10,12H,3-6,8H2,1-2H3. The van der Waals surface area contributed by atoms with E-state index in [-0.39, 0.29) is 17.9 Å². The van der Waals surface area contributed by atoms with Crippen LogP contribution < -0.4 is 0 Å². The molecule has 104 valence electrons. The summed E-state index contributed by atoms with van der Waals surface area (Å²) in [7, 11) is 2.77. The third kappa shape index (κ3) is 1.65. The molecular formula is C15H20O4. The van der Waals surface area contributed by atoms with Crippen molar-refractivity contribution < 1.29 is 19.1 Å². The van der Waals surface area contributed by atoms with E-state index in [0.29, 0.717) is 17.4 Å². The minimum atomic E-state index is -0.694. The molecule has 0 amide bonds. The van der Waals surface area contributed by atoms with Crippen molar-refractivity contribution in [1.82, 2.24) is 0 Å². The Morgan fingerprint density at radius 3 is 2.63 bits per heavy atom. The lowest BCUT2D eigenvalue weighted by Gasteiger charge is -2.36. The fourth-order valence-corrected chi connectivity index (χ4v) is 4.26. The fraction of sp³-hybridized carbons (Fsp3) is 0.733. The average Bonchev–Trinajstić information content (AvgIpc) is 3.21. The van der Waals surface area contributed by atoms with Crippen molar-refractivity contribution in [3.05, 3.63) is 11.6 Å². The second-order valence-corrected chi connectivity index (χ2v) is 5.96. The van der Waals surface area contributed by atoms with Gasteiger partial charge >= 0.3 is 11.9 Å². The van der Waals surface area contributed by atoms with Crippen molar-refractivity contribution in [2.75, 3.05) is 14.2 Å². The van der Waals surface area contributed by atoms with E-state index in [1.807, 2.05) is 6.08 Å². The van der Waals surface area contributed by atoms with Crippen LogP contribution >= 0.6 is 0 Å². The van der Waals surface area contributed by atoms with Crippen LogP contribution in [0, 0.1) is 23.2 Å². The van der Waals surface area contributed by atoms with E-state index in [4.69, 9.17) is 9.47 Å². The molecule has 0 heterocycles. The number of carbonyl (C=O) groups is 2. The zero-order valence-corrected chi connectivity index (χ0v) is 11.5. The van der Waals surface area contributed by atoms with Crippen LogP contribution in [0.15, 0.2) is 11.6 Å². The van der Waals surface area contributed by atoms with Crippen LogP contribution in [0.25, 0.3) is 0 Å². The predicted molar refractivity (Wildman–Crippen MR) is 68.1 cm³/mol. The Hall–Kier alpha value is -1.32. The largest absolute Gasteiger partial charge is 0.468 e. The van der Waals surface area contributed by atoms with E-state index in [2.05, 4.69) is 0 Å². The lowest BCUT2D eigenvalue weighted by atomic mass is 9.68. The van der Waals surface area contributed by atoms with E-state index in [1.54, 1.807) is 0 Å². The molecule has 0 aliphatic heterocycles. The molecule has 4 unspecified atom stereocenters. The molecule has 0 aromatic heterocycles. The van der Waals surface area contributed by atoms with Gasteiger partial charge in [0, 0.05) is 0 Å². The smallest absolute Gasteiger partial charge is 0.334 e. The van der Waals surface area contributed by atoms with Gasteiger partial charge in [0.2, 0.25) is 0 Å². The molecule has 0 aromatic carbocycles. The van der Waals surface area contributed by atoms with Crippen LogP contribution in [0.2, 0.25) is 0 Å². The van der Waals surface area contributed by atoms with Crippen LogP contribution in [0.5, 0.6) is 0 Å².